The Labute approximate surface area is 175 Å². The van der Waals surface area contributed by atoms with Crippen LogP contribution in [-0.2, 0) is 25.7 Å². The molecule has 0 N–H and O–H groups in total. The molecular formula is C27H36F2. The summed E-state index contributed by atoms with van der Waals surface area (Å²) in [5.74, 6) is -0.0993. The summed E-state index contributed by atoms with van der Waals surface area (Å²) >= 11 is 0. The minimum atomic E-state index is -0.0509. The van der Waals surface area contributed by atoms with Gasteiger partial charge in [-0.1, -0.05) is 83.1 Å². The second-order valence-corrected chi connectivity index (χ2v) is 8.60. The summed E-state index contributed by atoms with van der Waals surface area (Å²) in [6.07, 6.45) is 13.3. The number of fused-ring (bicyclic) bond motifs is 3. The van der Waals surface area contributed by atoms with Crippen LogP contribution in [0.15, 0.2) is 24.3 Å². The lowest BCUT2D eigenvalue weighted by atomic mass is 9.82. The van der Waals surface area contributed by atoms with Crippen LogP contribution in [0.3, 0.4) is 0 Å². The van der Waals surface area contributed by atoms with E-state index in [1.807, 2.05) is 24.3 Å². The van der Waals surface area contributed by atoms with Crippen LogP contribution in [-0.4, -0.2) is 0 Å². The van der Waals surface area contributed by atoms with Gasteiger partial charge in [-0.15, -0.1) is 0 Å². The highest BCUT2D eigenvalue weighted by atomic mass is 19.1. The van der Waals surface area contributed by atoms with E-state index in [0.29, 0.717) is 12.8 Å². The molecule has 0 atom stereocenters. The second-order valence-electron chi connectivity index (χ2n) is 8.60. The van der Waals surface area contributed by atoms with Crippen LogP contribution < -0.4 is 0 Å². The van der Waals surface area contributed by atoms with E-state index in [1.165, 1.54) is 38.5 Å². The topological polar surface area (TPSA) is 0 Å². The lowest BCUT2D eigenvalue weighted by molar-refractivity contribution is 0.564. The number of hydrogen-bond donors (Lipinski definition) is 0. The van der Waals surface area contributed by atoms with E-state index in [9.17, 15) is 0 Å². The van der Waals surface area contributed by atoms with Gasteiger partial charge >= 0.3 is 0 Å². The number of rotatable bonds is 11. The van der Waals surface area contributed by atoms with Gasteiger partial charge in [0.2, 0.25) is 0 Å². The Morgan fingerprint density at radius 2 is 1.00 bits per heavy atom. The van der Waals surface area contributed by atoms with Gasteiger partial charge in [0.15, 0.2) is 0 Å². The first-order valence-electron chi connectivity index (χ1n) is 11.8. The van der Waals surface area contributed by atoms with Crippen LogP contribution >= 0.6 is 0 Å². The molecule has 0 spiro atoms. The van der Waals surface area contributed by atoms with Gasteiger partial charge in [-0.3, -0.25) is 0 Å². The third-order valence-corrected chi connectivity index (χ3v) is 6.41. The Morgan fingerprint density at radius 1 is 0.586 bits per heavy atom. The van der Waals surface area contributed by atoms with Crippen molar-refractivity contribution in [2.45, 2.75) is 97.3 Å². The first-order valence-corrected chi connectivity index (χ1v) is 11.8. The van der Waals surface area contributed by atoms with Gasteiger partial charge in [0.05, 0.1) is 0 Å². The van der Waals surface area contributed by atoms with Crippen LogP contribution in [0, 0.1) is 11.6 Å². The molecule has 0 saturated carbocycles. The lowest BCUT2D eigenvalue weighted by Crippen LogP contribution is -2.11. The van der Waals surface area contributed by atoms with Crippen molar-refractivity contribution in [3.8, 4) is 11.1 Å². The van der Waals surface area contributed by atoms with Crippen molar-refractivity contribution >= 4 is 0 Å². The number of halogens is 2. The Balaban J connectivity index is 1.75. The fourth-order valence-electron chi connectivity index (χ4n) is 4.63. The fraction of sp³-hybridized carbons (Fsp3) is 0.556. The molecule has 0 aromatic heterocycles. The Morgan fingerprint density at radius 3 is 1.45 bits per heavy atom. The summed E-state index contributed by atoms with van der Waals surface area (Å²) in [6.45, 7) is 4.40. The lowest BCUT2D eigenvalue weighted by Gasteiger charge is -2.23. The van der Waals surface area contributed by atoms with E-state index in [1.54, 1.807) is 0 Å². The second kappa shape index (κ2) is 10.9. The zero-order valence-electron chi connectivity index (χ0n) is 18.3. The molecule has 2 heteroatoms. The molecule has 0 aliphatic heterocycles. The summed E-state index contributed by atoms with van der Waals surface area (Å²) < 4.78 is 30.3. The van der Waals surface area contributed by atoms with Gasteiger partial charge in [0, 0.05) is 0 Å². The Kier molecular flexibility index (Phi) is 8.27. The molecule has 2 aromatic carbocycles. The summed E-state index contributed by atoms with van der Waals surface area (Å²) in [5, 5.41) is 0. The number of hydrogen-bond acceptors (Lipinski definition) is 0. The van der Waals surface area contributed by atoms with E-state index in [4.69, 9.17) is 0 Å². The minimum Gasteiger partial charge on any atom is -0.206 e. The molecule has 158 valence electrons. The molecule has 0 saturated heterocycles. The van der Waals surface area contributed by atoms with E-state index < -0.39 is 0 Å². The Bertz CT molecular complexity index is 807. The van der Waals surface area contributed by atoms with Crippen molar-refractivity contribution in [3.05, 3.63) is 58.2 Å². The van der Waals surface area contributed by atoms with E-state index >= 15 is 8.78 Å². The van der Waals surface area contributed by atoms with Gasteiger partial charge in [0.1, 0.15) is 11.6 Å². The van der Waals surface area contributed by atoms with Gasteiger partial charge in [0.25, 0.3) is 0 Å². The zero-order valence-corrected chi connectivity index (χ0v) is 18.3. The predicted molar refractivity (Wildman–Crippen MR) is 120 cm³/mol. The molecule has 0 amide bonds. The summed E-state index contributed by atoms with van der Waals surface area (Å²) in [7, 11) is 0. The summed E-state index contributed by atoms with van der Waals surface area (Å²) in [5.41, 5.74) is 5.03. The van der Waals surface area contributed by atoms with Gasteiger partial charge < -0.3 is 0 Å². The zero-order chi connectivity index (χ0) is 20.6. The molecule has 0 radical (unpaired) electrons. The molecule has 0 nitrogen and oxygen atoms in total. The van der Waals surface area contributed by atoms with E-state index in [0.717, 1.165) is 65.5 Å². The first kappa shape index (κ1) is 22.0. The molecule has 3 rings (SSSR count). The molecule has 2 aromatic rings. The minimum absolute atomic E-state index is 0.0484. The quantitative estimate of drug-likeness (QED) is 0.333. The van der Waals surface area contributed by atoms with Crippen molar-refractivity contribution in [2.75, 3.05) is 0 Å². The normalized spacial score (nSPS) is 12.7. The van der Waals surface area contributed by atoms with E-state index in [2.05, 4.69) is 13.8 Å². The largest absolute Gasteiger partial charge is 0.206 e. The first-order chi connectivity index (χ1) is 14.2. The smallest absolute Gasteiger partial charge is 0.130 e. The van der Waals surface area contributed by atoms with Gasteiger partial charge in [-0.05, 0) is 71.9 Å². The standard InChI is InChI=1S/C27H36F2/c1-3-5-7-9-11-13-21-15-17-23-22-16-14-20(12-10-8-6-4-2)26(28)24(22)18-19-25(23)27(21)29/h14-17H,3-13,18-19H2,1-2H3. The highest BCUT2D eigenvalue weighted by Crippen LogP contribution is 2.38. The molecule has 0 unspecified atom stereocenters. The van der Waals surface area contributed by atoms with Crippen molar-refractivity contribution in [3.63, 3.8) is 0 Å². The average molecular weight is 399 g/mol. The van der Waals surface area contributed by atoms with Crippen LogP contribution in [0.4, 0.5) is 8.78 Å². The highest BCUT2D eigenvalue weighted by Gasteiger charge is 2.24. The van der Waals surface area contributed by atoms with Crippen molar-refractivity contribution < 1.29 is 8.78 Å². The maximum Gasteiger partial charge on any atom is 0.130 e. The van der Waals surface area contributed by atoms with Crippen LogP contribution in [0.5, 0.6) is 0 Å². The third kappa shape index (κ3) is 5.27. The Hall–Kier alpha value is -1.70. The molecule has 0 bridgehead atoms. The SMILES string of the molecule is CCCCCCCc1ccc2c(c1F)CCc1c-2ccc(CCCCCC)c1F. The molecule has 1 aliphatic rings. The maximum absolute atomic E-state index is 15.1. The molecule has 0 fully saturated rings. The van der Waals surface area contributed by atoms with Crippen LogP contribution in [0.2, 0.25) is 0 Å². The van der Waals surface area contributed by atoms with Gasteiger partial charge in [-0.2, -0.15) is 0 Å². The maximum atomic E-state index is 15.1. The van der Waals surface area contributed by atoms with Crippen molar-refractivity contribution in [2.24, 2.45) is 0 Å². The highest BCUT2D eigenvalue weighted by molar-refractivity contribution is 5.74. The summed E-state index contributed by atoms with van der Waals surface area (Å²) in [4.78, 5) is 0. The van der Waals surface area contributed by atoms with Crippen LogP contribution in [0.1, 0.15) is 93.9 Å². The third-order valence-electron chi connectivity index (χ3n) is 6.41. The number of benzene rings is 2. The number of aryl methyl sites for hydroxylation is 2. The number of unbranched alkanes of at least 4 members (excludes halogenated alkanes) is 7. The molecular weight excluding hydrogens is 362 g/mol. The molecule has 1 aliphatic carbocycles. The average Bonchev–Trinajstić information content (AvgIpc) is 2.73. The molecule has 0 heterocycles. The summed E-state index contributed by atoms with van der Waals surface area (Å²) in [6, 6.07) is 7.90. The predicted octanol–water partition coefficient (Wildman–Crippen LogP) is 8.37. The molecule has 29 heavy (non-hydrogen) atoms. The van der Waals surface area contributed by atoms with E-state index in [-0.39, 0.29) is 11.6 Å². The van der Waals surface area contributed by atoms with Gasteiger partial charge in [-0.25, -0.2) is 8.78 Å². The fourth-order valence-corrected chi connectivity index (χ4v) is 4.63. The van der Waals surface area contributed by atoms with Crippen molar-refractivity contribution in [1.29, 1.82) is 0 Å². The van der Waals surface area contributed by atoms with Crippen molar-refractivity contribution in [1.82, 2.24) is 0 Å². The van der Waals surface area contributed by atoms with Crippen LogP contribution in [0.25, 0.3) is 11.1 Å². The monoisotopic (exact) mass is 398 g/mol.